The second-order valence-electron chi connectivity index (χ2n) is 7.68. The van der Waals surface area contributed by atoms with Crippen LogP contribution < -0.4 is 15.4 Å². The van der Waals surface area contributed by atoms with Gasteiger partial charge in [0.25, 0.3) is 11.8 Å². The Morgan fingerprint density at radius 3 is 2.68 bits per heavy atom. The van der Waals surface area contributed by atoms with Crippen LogP contribution in [-0.2, 0) is 11.8 Å². The van der Waals surface area contributed by atoms with Crippen molar-refractivity contribution in [3.05, 3.63) is 82.7 Å². The SMILES string of the molecule is CC[C@]1(c2ccccc2)COc2c(C(=O)NC)cc(C(=O)NCCc3cn[nH]c3)cc21. The first-order chi connectivity index (χ1) is 15.1. The molecule has 7 nitrogen and oxygen atoms in total. The Morgan fingerprint density at radius 1 is 1.19 bits per heavy atom. The van der Waals surface area contributed by atoms with E-state index in [1.807, 2.05) is 24.3 Å². The average molecular weight is 418 g/mol. The summed E-state index contributed by atoms with van der Waals surface area (Å²) < 4.78 is 6.08. The van der Waals surface area contributed by atoms with Crippen LogP contribution in [-0.4, -0.2) is 42.2 Å². The lowest BCUT2D eigenvalue weighted by Crippen LogP contribution is -2.30. The fourth-order valence-corrected chi connectivity index (χ4v) is 4.18. The molecular weight excluding hydrogens is 392 g/mol. The van der Waals surface area contributed by atoms with E-state index < -0.39 is 5.41 Å². The lowest BCUT2D eigenvalue weighted by Gasteiger charge is -2.27. The molecule has 1 atom stereocenters. The number of hydrogen-bond acceptors (Lipinski definition) is 4. The summed E-state index contributed by atoms with van der Waals surface area (Å²) in [4.78, 5) is 25.6. The summed E-state index contributed by atoms with van der Waals surface area (Å²) in [5.74, 6) is 0.0608. The number of aromatic amines is 1. The number of amides is 2. The molecule has 1 aliphatic heterocycles. The third kappa shape index (κ3) is 3.79. The summed E-state index contributed by atoms with van der Waals surface area (Å²) in [6, 6.07) is 13.6. The molecule has 0 saturated carbocycles. The number of carbonyl (C=O) groups excluding carboxylic acids is 2. The zero-order chi connectivity index (χ0) is 21.8. The molecule has 4 rings (SSSR count). The van der Waals surface area contributed by atoms with E-state index in [1.165, 1.54) is 0 Å². The van der Waals surface area contributed by atoms with E-state index in [0.29, 0.717) is 36.4 Å². The molecule has 0 radical (unpaired) electrons. The summed E-state index contributed by atoms with van der Waals surface area (Å²) in [7, 11) is 1.58. The number of nitrogens with zero attached hydrogens (tertiary/aromatic N) is 1. The number of carbonyl (C=O) groups is 2. The highest BCUT2D eigenvalue weighted by Gasteiger charge is 2.43. The van der Waals surface area contributed by atoms with Crippen LogP contribution in [0.25, 0.3) is 0 Å². The third-order valence-electron chi connectivity index (χ3n) is 5.99. The highest BCUT2D eigenvalue weighted by Crippen LogP contribution is 2.47. The molecule has 0 spiro atoms. The van der Waals surface area contributed by atoms with Crippen LogP contribution in [0.2, 0.25) is 0 Å². The summed E-state index contributed by atoms with van der Waals surface area (Å²) in [5, 5.41) is 12.3. The van der Waals surface area contributed by atoms with Crippen molar-refractivity contribution in [2.75, 3.05) is 20.2 Å². The molecule has 31 heavy (non-hydrogen) atoms. The predicted molar refractivity (Wildman–Crippen MR) is 117 cm³/mol. The van der Waals surface area contributed by atoms with E-state index >= 15 is 0 Å². The molecule has 160 valence electrons. The molecule has 1 aromatic heterocycles. The summed E-state index contributed by atoms with van der Waals surface area (Å²) >= 11 is 0. The first-order valence-corrected chi connectivity index (χ1v) is 10.4. The van der Waals surface area contributed by atoms with Crippen LogP contribution in [0.4, 0.5) is 0 Å². The first-order valence-electron chi connectivity index (χ1n) is 10.4. The normalized spacial score (nSPS) is 17.0. The van der Waals surface area contributed by atoms with Crippen LogP contribution in [0, 0.1) is 0 Å². The maximum Gasteiger partial charge on any atom is 0.254 e. The minimum atomic E-state index is -0.410. The van der Waals surface area contributed by atoms with Crippen LogP contribution in [0.5, 0.6) is 5.75 Å². The van der Waals surface area contributed by atoms with Crippen molar-refractivity contribution in [1.82, 2.24) is 20.8 Å². The molecule has 3 aromatic rings. The van der Waals surface area contributed by atoms with Crippen molar-refractivity contribution >= 4 is 11.8 Å². The number of nitrogens with one attached hydrogen (secondary N) is 3. The Labute approximate surface area is 181 Å². The van der Waals surface area contributed by atoms with Gasteiger partial charge in [-0.05, 0) is 36.1 Å². The summed E-state index contributed by atoms with van der Waals surface area (Å²) in [5.41, 5.74) is 3.42. The van der Waals surface area contributed by atoms with E-state index in [4.69, 9.17) is 4.74 Å². The molecule has 0 aliphatic carbocycles. The van der Waals surface area contributed by atoms with Gasteiger partial charge in [0.05, 0.1) is 17.2 Å². The van der Waals surface area contributed by atoms with Crippen molar-refractivity contribution < 1.29 is 14.3 Å². The van der Waals surface area contributed by atoms with Gasteiger partial charge in [0.15, 0.2) is 0 Å². The summed E-state index contributed by atoms with van der Waals surface area (Å²) in [6.07, 6.45) is 4.99. The molecule has 0 bridgehead atoms. The van der Waals surface area contributed by atoms with Crippen LogP contribution >= 0.6 is 0 Å². The van der Waals surface area contributed by atoms with Crippen LogP contribution in [0.15, 0.2) is 54.9 Å². The maximum atomic E-state index is 13.0. The number of fused-ring (bicyclic) bond motifs is 1. The van der Waals surface area contributed by atoms with E-state index in [9.17, 15) is 9.59 Å². The van der Waals surface area contributed by atoms with Crippen molar-refractivity contribution in [2.45, 2.75) is 25.2 Å². The minimum absolute atomic E-state index is 0.221. The second kappa shape index (κ2) is 8.63. The van der Waals surface area contributed by atoms with Crippen LogP contribution in [0.3, 0.4) is 0 Å². The Hall–Kier alpha value is -3.61. The number of benzene rings is 2. The largest absolute Gasteiger partial charge is 0.491 e. The average Bonchev–Trinajstić information content (AvgIpc) is 3.46. The Balaban J connectivity index is 1.71. The number of H-pyrrole nitrogens is 1. The van der Waals surface area contributed by atoms with Gasteiger partial charge in [-0.25, -0.2) is 0 Å². The third-order valence-corrected chi connectivity index (χ3v) is 5.99. The second-order valence-corrected chi connectivity index (χ2v) is 7.68. The maximum absolute atomic E-state index is 13.0. The Kier molecular flexibility index (Phi) is 5.75. The van der Waals surface area contributed by atoms with Crippen molar-refractivity contribution in [1.29, 1.82) is 0 Å². The molecule has 2 heterocycles. The number of ether oxygens (including phenoxy) is 1. The van der Waals surface area contributed by atoms with Gasteiger partial charge < -0.3 is 15.4 Å². The highest BCUT2D eigenvalue weighted by molar-refractivity contribution is 6.02. The molecule has 1 aliphatic rings. The topological polar surface area (TPSA) is 96.1 Å². The van der Waals surface area contributed by atoms with Gasteiger partial charge in [0, 0.05) is 30.9 Å². The van der Waals surface area contributed by atoms with E-state index in [0.717, 1.165) is 23.1 Å². The highest BCUT2D eigenvalue weighted by atomic mass is 16.5. The zero-order valence-corrected chi connectivity index (χ0v) is 17.7. The Morgan fingerprint density at radius 2 is 2.00 bits per heavy atom. The van der Waals surface area contributed by atoms with E-state index in [-0.39, 0.29) is 11.8 Å². The van der Waals surface area contributed by atoms with E-state index in [1.54, 1.807) is 25.5 Å². The lowest BCUT2D eigenvalue weighted by atomic mass is 9.73. The lowest BCUT2D eigenvalue weighted by molar-refractivity contribution is 0.0954. The standard InChI is InChI=1S/C24H26N4O3/c1-3-24(18-7-5-4-6-8-18)15-31-21-19(23(30)25-2)11-17(12-20(21)24)22(29)26-10-9-16-13-27-28-14-16/h4-8,11-14H,3,9-10,15H2,1-2H3,(H,25,30)(H,26,29)(H,27,28)/t24-/m1/s1. The van der Waals surface area contributed by atoms with Gasteiger partial charge in [-0.2, -0.15) is 5.10 Å². The molecule has 0 saturated heterocycles. The van der Waals surface area contributed by atoms with Gasteiger partial charge in [0.2, 0.25) is 0 Å². The summed E-state index contributed by atoms with van der Waals surface area (Å²) in [6.45, 7) is 3.00. The first kappa shape index (κ1) is 20.7. The number of rotatable bonds is 7. The molecule has 7 heteroatoms. The van der Waals surface area contributed by atoms with Gasteiger partial charge in [-0.3, -0.25) is 14.7 Å². The number of hydrogen-bond donors (Lipinski definition) is 3. The molecular formula is C24H26N4O3. The quantitative estimate of drug-likeness (QED) is 0.550. The van der Waals surface area contributed by atoms with Crippen LogP contribution in [0.1, 0.15) is 50.8 Å². The van der Waals surface area contributed by atoms with Crippen molar-refractivity contribution in [3.63, 3.8) is 0 Å². The van der Waals surface area contributed by atoms with Gasteiger partial charge in [0.1, 0.15) is 12.4 Å². The predicted octanol–water partition coefficient (Wildman–Crippen LogP) is 2.83. The molecule has 3 N–H and O–H groups in total. The monoisotopic (exact) mass is 418 g/mol. The Bertz CT molecular complexity index is 1080. The fourth-order valence-electron chi connectivity index (χ4n) is 4.18. The molecule has 2 amide bonds. The minimum Gasteiger partial charge on any atom is -0.491 e. The fraction of sp³-hybridized carbons (Fsp3) is 0.292. The smallest absolute Gasteiger partial charge is 0.254 e. The molecule has 0 unspecified atom stereocenters. The van der Waals surface area contributed by atoms with Gasteiger partial charge in [-0.15, -0.1) is 0 Å². The zero-order valence-electron chi connectivity index (χ0n) is 17.7. The molecule has 2 aromatic carbocycles. The number of aromatic nitrogens is 2. The van der Waals surface area contributed by atoms with Crippen molar-refractivity contribution in [3.8, 4) is 5.75 Å². The van der Waals surface area contributed by atoms with E-state index in [2.05, 4.69) is 39.9 Å². The van der Waals surface area contributed by atoms with Crippen molar-refractivity contribution in [2.24, 2.45) is 0 Å². The molecule has 0 fully saturated rings. The van der Waals surface area contributed by atoms with Gasteiger partial charge in [-0.1, -0.05) is 37.3 Å². The van der Waals surface area contributed by atoms with Gasteiger partial charge >= 0.3 is 0 Å².